The molecule has 3 nitrogen and oxygen atoms in total. The van der Waals surface area contributed by atoms with E-state index < -0.39 is 0 Å². The molecule has 0 aliphatic carbocycles. The first-order valence-corrected chi connectivity index (χ1v) is 7.20. The van der Waals surface area contributed by atoms with E-state index in [1.807, 2.05) is 37.3 Å². The summed E-state index contributed by atoms with van der Waals surface area (Å²) in [4.78, 5) is 14.4. The predicted octanol–water partition coefficient (Wildman–Crippen LogP) is 3.41. The molecule has 1 rings (SSSR count). The van der Waals surface area contributed by atoms with Gasteiger partial charge in [0.05, 0.1) is 6.61 Å². The summed E-state index contributed by atoms with van der Waals surface area (Å²) in [6, 6.07) is 9.61. The SMILES string of the molecule is CCCCN(CC)C(C(=O)OCC)c1ccccc1. The molecule has 0 heterocycles. The lowest BCUT2D eigenvalue weighted by Gasteiger charge is -2.29. The highest BCUT2D eigenvalue weighted by Gasteiger charge is 2.27. The summed E-state index contributed by atoms with van der Waals surface area (Å²) >= 11 is 0. The summed E-state index contributed by atoms with van der Waals surface area (Å²) < 4.78 is 5.24. The number of benzene rings is 1. The van der Waals surface area contributed by atoms with Crippen LogP contribution in [0.25, 0.3) is 0 Å². The molecule has 1 aromatic carbocycles. The Morgan fingerprint density at radius 2 is 1.89 bits per heavy atom. The van der Waals surface area contributed by atoms with Crippen LogP contribution >= 0.6 is 0 Å². The van der Waals surface area contributed by atoms with E-state index in [1.165, 1.54) is 0 Å². The van der Waals surface area contributed by atoms with E-state index in [0.29, 0.717) is 6.61 Å². The van der Waals surface area contributed by atoms with Crippen LogP contribution in [0.2, 0.25) is 0 Å². The molecular weight excluding hydrogens is 238 g/mol. The molecule has 1 atom stereocenters. The first kappa shape index (κ1) is 15.7. The maximum atomic E-state index is 12.2. The summed E-state index contributed by atoms with van der Waals surface area (Å²) in [5.41, 5.74) is 1.01. The number of nitrogens with zero attached hydrogens (tertiary/aromatic N) is 1. The van der Waals surface area contributed by atoms with E-state index in [1.54, 1.807) is 0 Å². The minimum Gasteiger partial charge on any atom is -0.465 e. The third-order valence-electron chi connectivity index (χ3n) is 3.20. The number of carbonyl (C=O) groups excluding carboxylic acids is 1. The van der Waals surface area contributed by atoms with E-state index in [0.717, 1.165) is 31.5 Å². The van der Waals surface area contributed by atoms with Crippen LogP contribution in [-0.2, 0) is 9.53 Å². The summed E-state index contributed by atoms with van der Waals surface area (Å²) in [5.74, 6) is -0.147. The average Bonchev–Trinajstić information content (AvgIpc) is 2.44. The zero-order chi connectivity index (χ0) is 14.1. The summed E-state index contributed by atoms with van der Waals surface area (Å²) in [5, 5.41) is 0. The van der Waals surface area contributed by atoms with Crippen molar-refractivity contribution in [3.05, 3.63) is 35.9 Å². The molecule has 0 N–H and O–H groups in total. The van der Waals surface area contributed by atoms with Crippen molar-refractivity contribution in [1.29, 1.82) is 0 Å². The van der Waals surface area contributed by atoms with E-state index in [2.05, 4.69) is 18.7 Å². The van der Waals surface area contributed by atoms with Gasteiger partial charge in [-0.1, -0.05) is 50.6 Å². The maximum absolute atomic E-state index is 12.2. The van der Waals surface area contributed by atoms with Gasteiger partial charge in [0.1, 0.15) is 6.04 Å². The molecule has 0 spiro atoms. The van der Waals surface area contributed by atoms with Crippen LogP contribution in [0.4, 0.5) is 0 Å². The van der Waals surface area contributed by atoms with Crippen molar-refractivity contribution < 1.29 is 9.53 Å². The fourth-order valence-corrected chi connectivity index (χ4v) is 2.18. The van der Waals surface area contributed by atoms with Gasteiger partial charge in [0, 0.05) is 0 Å². The number of hydrogen-bond donors (Lipinski definition) is 0. The van der Waals surface area contributed by atoms with Gasteiger partial charge in [-0.25, -0.2) is 4.79 Å². The Bertz CT molecular complexity index is 364. The Morgan fingerprint density at radius 3 is 2.42 bits per heavy atom. The van der Waals surface area contributed by atoms with Gasteiger partial charge in [0.2, 0.25) is 0 Å². The van der Waals surface area contributed by atoms with Gasteiger partial charge in [0.25, 0.3) is 0 Å². The number of hydrogen-bond acceptors (Lipinski definition) is 3. The highest BCUT2D eigenvalue weighted by atomic mass is 16.5. The van der Waals surface area contributed by atoms with E-state index >= 15 is 0 Å². The fourth-order valence-electron chi connectivity index (χ4n) is 2.18. The summed E-state index contributed by atoms with van der Waals surface area (Å²) in [7, 11) is 0. The van der Waals surface area contributed by atoms with Crippen LogP contribution in [0, 0.1) is 0 Å². The Balaban J connectivity index is 2.93. The molecule has 0 aromatic heterocycles. The van der Waals surface area contributed by atoms with E-state index in [4.69, 9.17) is 4.74 Å². The van der Waals surface area contributed by atoms with Crippen LogP contribution in [0.1, 0.15) is 45.2 Å². The number of esters is 1. The molecule has 3 heteroatoms. The number of carbonyl (C=O) groups is 1. The third kappa shape index (κ3) is 4.67. The first-order valence-electron chi connectivity index (χ1n) is 7.20. The zero-order valence-electron chi connectivity index (χ0n) is 12.3. The van der Waals surface area contributed by atoms with Crippen molar-refractivity contribution in [1.82, 2.24) is 4.90 Å². The van der Waals surface area contributed by atoms with Crippen LogP contribution in [-0.4, -0.2) is 30.6 Å². The lowest BCUT2D eigenvalue weighted by atomic mass is 10.0. The van der Waals surface area contributed by atoms with Crippen molar-refractivity contribution in [2.24, 2.45) is 0 Å². The average molecular weight is 263 g/mol. The van der Waals surface area contributed by atoms with Gasteiger partial charge < -0.3 is 4.74 Å². The van der Waals surface area contributed by atoms with Gasteiger partial charge in [-0.2, -0.15) is 0 Å². The normalized spacial score (nSPS) is 12.4. The maximum Gasteiger partial charge on any atom is 0.327 e. The number of ether oxygens (including phenoxy) is 1. The molecule has 0 aliphatic rings. The molecule has 1 aromatic rings. The second-order valence-electron chi connectivity index (χ2n) is 4.55. The van der Waals surface area contributed by atoms with Crippen LogP contribution in [0.3, 0.4) is 0 Å². The van der Waals surface area contributed by atoms with Crippen LogP contribution in [0.5, 0.6) is 0 Å². The van der Waals surface area contributed by atoms with Gasteiger partial charge in [-0.05, 0) is 32.0 Å². The lowest BCUT2D eigenvalue weighted by Crippen LogP contribution is -2.36. The smallest absolute Gasteiger partial charge is 0.327 e. The number of likely N-dealkylation sites (N-methyl/N-ethyl adjacent to an activating group) is 1. The highest BCUT2D eigenvalue weighted by molar-refractivity contribution is 5.77. The summed E-state index contributed by atoms with van der Waals surface area (Å²) in [6.45, 7) is 8.29. The van der Waals surface area contributed by atoms with Crippen molar-refractivity contribution in [3.63, 3.8) is 0 Å². The van der Waals surface area contributed by atoms with Crippen molar-refractivity contribution in [2.75, 3.05) is 19.7 Å². The largest absolute Gasteiger partial charge is 0.465 e. The third-order valence-corrected chi connectivity index (χ3v) is 3.20. The van der Waals surface area contributed by atoms with Crippen LogP contribution < -0.4 is 0 Å². The van der Waals surface area contributed by atoms with Gasteiger partial charge in [-0.15, -0.1) is 0 Å². The molecule has 106 valence electrons. The molecule has 0 saturated heterocycles. The Kier molecular flexibility index (Phi) is 7.19. The lowest BCUT2D eigenvalue weighted by molar-refractivity contribution is -0.149. The fraction of sp³-hybridized carbons (Fsp3) is 0.562. The number of rotatable bonds is 8. The standard InChI is InChI=1S/C16H25NO2/c1-4-7-13-17(5-2)15(16(18)19-6-3)14-11-9-8-10-12-14/h8-12,15H,4-7,13H2,1-3H3. The van der Waals surface area contributed by atoms with Crippen molar-refractivity contribution >= 4 is 5.97 Å². The minimum atomic E-state index is -0.280. The monoisotopic (exact) mass is 263 g/mol. The van der Waals surface area contributed by atoms with E-state index in [-0.39, 0.29) is 12.0 Å². The molecule has 0 aliphatic heterocycles. The number of unbranched alkanes of at least 4 members (excludes halogenated alkanes) is 1. The molecule has 0 saturated carbocycles. The molecule has 0 fully saturated rings. The molecule has 0 amide bonds. The second-order valence-corrected chi connectivity index (χ2v) is 4.55. The van der Waals surface area contributed by atoms with E-state index in [9.17, 15) is 4.79 Å². The Morgan fingerprint density at radius 1 is 1.21 bits per heavy atom. The molecule has 0 radical (unpaired) electrons. The summed E-state index contributed by atoms with van der Waals surface area (Å²) in [6.07, 6.45) is 2.22. The molecule has 19 heavy (non-hydrogen) atoms. The Hall–Kier alpha value is -1.35. The topological polar surface area (TPSA) is 29.5 Å². The minimum absolute atomic E-state index is 0.147. The van der Waals surface area contributed by atoms with Gasteiger partial charge in [0.15, 0.2) is 0 Å². The van der Waals surface area contributed by atoms with Gasteiger partial charge >= 0.3 is 5.97 Å². The second kappa shape index (κ2) is 8.70. The predicted molar refractivity (Wildman–Crippen MR) is 78.0 cm³/mol. The molecular formula is C16H25NO2. The first-order chi connectivity index (χ1) is 9.24. The van der Waals surface area contributed by atoms with Crippen molar-refractivity contribution in [3.8, 4) is 0 Å². The van der Waals surface area contributed by atoms with Crippen molar-refractivity contribution in [2.45, 2.75) is 39.7 Å². The Labute approximate surface area is 116 Å². The highest BCUT2D eigenvalue weighted by Crippen LogP contribution is 2.22. The molecule has 0 bridgehead atoms. The van der Waals surface area contributed by atoms with Gasteiger partial charge in [-0.3, -0.25) is 4.90 Å². The van der Waals surface area contributed by atoms with Crippen LogP contribution in [0.15, 0.2) is 30.3 Å². The zero-order valence-corrected chi connectivity index (χ0v) is 12.3. The quantitative estimate of drug-likeness (QED) is 0.673. The molecule has 1 unspecified atom stereocenters.